The lowest BCUT2D eigenvalue weighted by atomic mass is 10.1. The van der Waals surface area contributed by atoms with E-state index in [1.807, 2.05) is 24.4 Å². The highest BCUT2D eigenvalue weighted by Gasteiger charge is 2.07. The van der Waals surface area contributed by atoms with Crippen LogP contribution in [0.3, 0.4) is 0 Å². The zero-order valence-electron chi connectivity index (χ0n) is 9.65. The van der Waals surface area contributed by atoms with Crippen LogP contribution < -0.4 is 5.73 Å². The number of benzene rings is 1. The maximum Gasteiger partial charge on any atom is 0.0726 e. The molecule has 4 heteroatoms. The largest absolute Gasteiger partial charge is 0.360 e. The van der Waals surface area contributed by atoms with Gasteiger partial charge in [-0.05, 0) is 29.8 Å². The molecule has 3 nitrogen and oxygen atoms in total. The highest BCUT2D eigenvalue weighted by Crippen LogP contribution is 2.29. The van der Waals surface area contributed by atoms with Gasteiger partial charge >= 0.3 is 0 Å². The summed E-state index contributed by atoms with van der Waals surface area (Å²) >= 11 is 3.47. The standard InChI is InChI=1S/C14H12BrN3/c15-10-1-2-11-12(8-18-14(11)6-10)13-5-9(7-16)3-4-17-13/h1-6,8,18H,7,16H2. The van der Waals surface area contributed by atoms with Gasteiger partial charge in [-0.25, -0.2) is 0 Å². The SMILES string of the molecule is NCc1ccnc(-c2c[nH]c3cc(Br)ccc23)c1. The molecule has 2 heterocycles. The van der Waals surface area contributed by atoms with E-state index in [9.17, 15) is 0 Å². The number of nitrogens with two attached hydrogens (primary N) is 1. The molecule has 0 spiro atoms. The van der Waals surface area contributed by atoms with E-state index in [1.165, 1.54) is 5.39 Å². The summed E-state index contributed by atoms with van der Waals surface area (Å²) in [5, 5.41) is 1.17. The van der Waals surface area contributed by atoms with Crippen LogP contribution in [0.2, 0.25) is 0 Å². The van der Waals surface area contributed by atoms with E-state index in [1.54, 1.807) is 6.20 Å². The van der Waals surface area contributed by atoms with Gasteiger partial charge in [-0.1, -0.05) is 22.0 Å². The maximum atomic E-state index is 5.66. The van der Waals surface area contributed by atoms with E-state index in [0.717, 1.165) is 26.8 Å². The van der Waals surface area contributed by atoms with Crippen LogP contribution in [0.25, 0.3) is 22.2 Å². The highest BCUT2D eigenvalue weighted by atomic mass is 79.9. The molecule has 0 aliphatic heterocycles. The van der Waals surface area contributed by atoms with E-state index in [-0.39, 0.29) is 0 Å². The second kappa shape index (κ2) is 4.55. The fraction of sp³-hybridized carbons (Fsp3) is 0.0714. The predicted octanol–water partition coefficient (Wildman–Crippen LogP) is 3.45. The van der Waals surface area contributed by atoms with Crippen molar-refractivity contribution in [3.05, 3.63) is 52.8 Å². The van der Waals surface area contributed by atoms with Gasteiger partial charge in [0.25, 0.3) is 0 Å². The molecule has 3 aromatic rings. The number of nitrogens with zero attached hydrogens (tertiary/aromatic N) is 1. The van der Waals surface area contributed by atoms with Gasteiger partial charge in [0.1, 0.15) is 0 Å². The van der Waals surface area contributed by atoms with Crippen LogP contribution in [0.4, 0.5) is 0 Å². The summed E-state index contributed by atoms with van der Waals surface area (Å²) in [6.07, 6.45) is 3.79. The molecule has 2 aromatic heterocycles. The Morgan fingerprint density at radius 1 is 1.22 bits per heavy atom. The van der Waals surface area contributed by atoms with Crippen molar-refractivity contribution < 1.29 is 0 Å². The molecule has 90 valence electrons. The average molecular weight is 302 g/mol. The maximum absolute atomic E-state index is 5.66. The number of aromatic nitrogens is 2. The van der Waals surface area contributed by atoms with Crippen molar-refractivity contribution in [2.45, 2.75) is 6.54 Å². The lowest BCUT2D eigenvalue weighted by Gasteiger charge is -2.01. The molecule has 0 bridgehead atoms. The lowest BCUT2D eigenvalue weighted by Crippen LogP contribution is -1.96. The summed E-state index contributed by atoms with van der Waals surface area (Å²) in [4.78, 5) is 7.68. The minimum atomic E-state index is 0.531. The Hall–Kier alpha value is -1.65. The molecule has 18 heavy (non-hydrogen) atoms. The van der Waals surface area contributed by atoms with Crippen molar-refractivity contribution >= 4 is 26.8 Å². The van der Waals surface area contributed by atoms with Gasteiger partial charge < -0.3 is 10.7 Å². The lowest BCUT2D eigenvalue weighted by molar-refractivity contribution is 1.06. The molecule has 0 unspecified atom stereocenters. The van der Waals surface area contributed by atoms with Crippen LogP contribution in [0, 0.1) is 0 Å². The second-order valence-electron chi connectivity index (χ2n) is 4.15. The van der Waals surface area contributed by atoms with Crippen LogP contribution in [-0.2, 0) is 6.54 Å². The Morgan fingerprint density at radius 3 is 2.94 bits per heavy atom. The number of H-pyrrole nitrogens is 1. The van der Waals surface area contributed by atoms with Crippen molar-refractivity contribution in [1.82, 2.24) is 9.97 Å². The summed E-state index contributed by atoms with van der Waals surface area (Å²) in [7, 11) is 0. The van der Waals surface area contributed by atoms with E-state index in [2.05, 4.69) is 38.0 Å². The van der Waals surface area contributed by atoms with Crippen molar-refractivity contribution in [2.24, 2.45) is 5.73 Å². The van der Waals surface area contributed by atoms with Crippen molar-refractivity contribution in [3.8, 4) is 11.3 Å². The van der Waals surface area contributed by atoms with E-state index < -0.39 is 0 Å². The quantitative estimate of drug-likeness (QED) is 0.762. The molecule has 0 aliphatic carbocycles. The Bertz CT molecular complexity index is 703. The first kappa shape index (κ1) is 11.4. The second-order valence-corrected chi connectivity index (χ2v) is 5.06. The normalized spacial score (nSPS) is 11.0. The number of rotatable bonds is 2. The van der Waals surface area contributed by atoms with Crippen LogP contribution in [-0.4, -0.2) is 9.97 Å². The molecule has 0 saturated heterocycles. The molecule has 0 fully saturated rings. The molecule has 3 rings (SSSR count). The Balaban J connectivity index is 2.19. The minimum absolute atomic E-state index is 0.531. The van der Waals surface area contributed by atoms with Crippen LogP contribution in [0.15, 0.2) is 47.2 Å². The summed E-state index contributed by atoms with van der Waals surface area (Å²) in [5.74, 6) is 0. The molecular weight excluding hydrogens is 290 g/mol. The summed E-state index contributed by atoms with van der Waals surface area (Å²) in [5.41, 5.74) is 9.90. The van der Waals surface area contributed by atoms with Gasteiger partial charge in [-0.2, -0.15) is 0 Å². The van der Waals surface area contributed by atoms with Gasteiger partial charge in [0, 0.05) is 39.9 Å². The van der Waals surface area contributed by atoms with Crippen LogP contribution in [0.5, 0.6) is 0 Å². The topological polar surface area (TPSA) is 54.7 Å². The first-order valence-corrected chi connectivity index (χ1v) is 6.49. The number of pyridine rings is 1. The number of aromatic amines is 1. The Morgan fingerprint density at radius 2 is 2.11 bits per heavy atom. The molecule has 0 atom stereocenters. The van der Waals surface area contributed by atoms with E-state index >= 15 is 0 Å². The first-order valence-electron chi connectivity index (χ1n) is 5.70. The fourth-order valence-corrected chi connectivity index (χ4v) is 2.42. The summed E-state index contributed by atoms with van der Waals surface area (Å²) < 4.78 is 1.06. The van der Waals surface area contributed by atoms with Crippen molar-refractivity contribution in [1.29, 1.82) is 0 Å². The predicted molar refractivity (Wildman–Crippen MR) is 77.1 cm³/mol. The zero-order chi connectivity index (χ0) is 12.5. The van der Waals surface area contributed by atoms with Gasteiger partial charge in [-0.3, -0.25) is 4.98 Å². The minimum Gasteiger partial charge on any atom is -0.360 e. The van der Waals surface area contributed by atoms with Gasteiger partial charge in [0.15, 0.2) is 0 Å². The number of halogens is 1. The van der Waals surface area contributed by atoms with Gasteiger partial charge in [0.2, 0.25) is 0 Å². The average Bonchev–Trinajstić information content (AvgIpc) is 2.81. The number of hydrogen-bond donors (Lipinski definition) is 2. The monoisotopic (exact) mass is 301 g/mol. The van der Waals surface area contributed by atoms with E-state index in [4.69, 9.17) is 5.73 Å². The molecule has 3 N–H and O–H groups in total. The Labute approximate surface area is 113 Å². The molecule has 1 aromatic carbocycles. The molecular formula is C14H12BrN3. The number of hydrogen-bond acceptors (Lipinski definition) is 2. The smallest absolute Gasteiger partial charge is 0.0726 e. The number of nitrogens with one attached hydrogen (secondary N) is 1. The fourth-order valence-electron chi connectivity index (χ4n) is 2.06. The first-order chi connectivity index (χ1) is 8.78. The number of fused-ring (bicyclic) bond motifs is 1. The van der Waals surface area contributed by atoms with Gasteiger partial charge in [0.05, 0.1) is 5.69 Å². The molecule has 0 saturated carbocycles. The Kier molecular flexibility index (Phi) is 2.89. The van der Waals surface area contributed by atoms with E-state index in [0.29, 0.717) is 6.54 Å². The van der Waals surface area contributed by atoms with Crippen LogP contribution >= 0.6 is 15.9 Å². The molecule has 0 amide bonds. The molecule has 0 aliphatic rings. The van der Waals surface area contributed by atoms with Crippen LogP contribution in [0.1, 0.15) is 5.56 Å². The third kappa shape index (κ3) is 1.94. The zero-order valence-corrected chi connectivity index (χ0v) is 11.2. The third-order valence-corrected chi connectivity index (χ3v) is 3.47. The van der Waals surface area contributed by atoms with Crippen molar-refractivity contribution in [2.75, 3.05) is 0 Å². The highest BCUT2D eigenvalue weighted by molar-refractivity contribution is 9.10. The summed E-state index contributed by atoms with van der Waals surface area (Å²) in [6.45, 7) is 0.531. The van der Waals surface area contributed by atoms with Gasteiger partial charge in [-0.15, -0.1) is 0 Å². The molecule has 0 radical (unpaired) electrons. The summed E-state index contributed by atoms with van der Waals surface area (Å²) in [6, 6.07) is 10.2. The van der Waals surface area contributed by atoms with Crippen molar-refractivity contribution in [3.63, 3.8) is 0 Å². The third-order valence-electron chi connectivity index (χ3n) is 2.98.